The third kappa shape index (κ3) is 4.11. The zero-order chi connectivity index (χ0) is 24.9. The van der Waals surface area contributed by atoms with E-state index in [0.717, 1.165) is 11.3 Å². The summed E-state index contributed by atoms with van der Waals surface area (Å²) in [4.78, 5) is 28.1. The van der Waals surface area contributed by atoms with E-state index in [1.807, 2.05) is 0 Å². The van der Waals surface area contributed by atoms with Crippen molar-refractivity contribution in [1.29, 1.82) is 0 Å². The van der Waals surface area contributed by atoms with Crippen LogP contribution in [0.15, 0.2) is 39.5 Å². The van der Waals surface area contributed by atoms with Gasteiger partial charge in [-0.2, -0.15) is 0 Å². The predicted molar refractivity (Wildman–Crippen MR) is 128 cm³/mol. The van der Waals surface area contributed by atoms with E-state index in [-0.39, 0.29) is 26.7 Å². The molecule has 3 aromatic heterocycles. The lowest BCUT2D eigenvalue weighted by atomic mass is 10.1. The van der Waals surface area contributed by atoms with Gasteiger partial charge in [0.15, 0.2) is 0 Å². The highest BCUT2D eigenvalue weighted by molar-refractivity contribution is 7.91. The second-order valence-electron chi connectivity index (χ2n) is 7.78. The topological polar surface area (TPSA) is 136 Å². The van der Waals surface area contributed by atoms with E-state index in [0.29, 0.717) is 32.7 Å². The molecule has 178 valence electrons. The van der Waals surface area contributed by atoms with Gasteiger partial charge in [0.05, 0.1) is 4.88 Å². The molecule has 0 aliphatic rings. The number of carbonyl (C=O) groups is 1. The predicted octanol–water partition coefficient (Wildman–Crippen LogP) is 3.15. The number of fused-ring (bicyclic) bond motifs is 1. The minimum atomic E-state index is -4.08. The summed E-state index contributed by atoms with van der Waals surface area (Å²) in [5, 5.41) is 8.28. The summed E-state index contributed by atoms with van der Waals surface area (Å²) < 4.78 is 45.3. The summed E-state index contributed by atoms with van der Waals surface area (Å²) in [5.74, 6) is -0.321. The van der Waals surface area contributed by atoms with E-state index in [1.54, 1.807) is 13.8 Å². The van der Waals surface area contributed by atoms with Gasteiger partial charge in [0, 0.05) is 37.3 Å². The van der Waals surface area contributed by atoms with Crippen molar-refractivity contribution in [3.05, 3.63) is 63.5 Å². The molecule has 0 spiro atoms. The van der Waals surface area contributed by atoms with Gasteiger partial charge in [-0.05, 0) is 43.2 Å². The smallest absolute Gasteiger partial charge is 0.274 e. The number of pyridine rings is 1. The summed E-state index contributed by atoms with van der Waals surface area (Å²) in [6, 6.07) is 5.42. The van der Waals surface area contributed by atoms with Gasteiger partial charge >= 0.3 is 0 Å². The molecule has 34 heavy (non-hydrogen) atoms. The Hall–Kier alpha value is -3.48. The molecule has 0 atom stereocenters. The molecule has 0 saturated carbocycles. The lowest BCUT2D eigenvalue weighted by Crippen LogP contribution is -2.19. The lowest BCUT2D eigenvalue weighted by Gasteiger charge is -2.13. The zero-order valence-corrected chi connectivity index (χ0v) is 20.3. The number of amides is 1. The van der Waals surface area contributed by atoms with Crippen molar-refractivity contribution in [1.82, 2.24) is 14.9 Å². The van der Waals surface area contributed by atoms with Gasteiger partial charge in [-0.1, -0.05) is 0 Å². The molecular formula is C22H21FN4O5S2. The van der Waals surface area contributed by atoms with Crippen LogP contribution in [-0.4, -0.2) is 30.9 Å². The van der Waals surface area contributed by atoms with Gasteiger partial charge in [-0.25, -0.2) is 17.9 Å². The number of benzene rings is 1. The van der Waals surface area contributed by atoms with Crippen LogP contribution < -0.4 is 20.8 Å². The number of halogens is 1. The van der Waals surface area contributed by atoms with E-state index >= 15 is 0 Å². The van der Waals surface area contributed by atoms with Gasteiger partial charge in [0.1, 0.15) is 32.7 Å². The summed E-state index contributed by atoms with van der Waals surface area (Å²) >= 11 is 0.865. The second kappa shape index (κ2) is 8.38. The molecule has 0 fully saturated rings. The molecule has 4 aromatic rings. The monoisotopic (exact) mass is 504 g/mol. The van der Waals surface area contributed by atoms with Gasteiger partial charge in [-0.3, -0.25) is 9.59 Å². The number of hydrogen-bond donors (Lipinski definition) is 3. The Morgan fingerprint density at radius 2 is 1.85 bits per heavy atom. The Kier molecular flexibility index (Phi) is 5.84. The highest BCUT2D eigenvalue weighted by Crippen LogP contribution is 2.45. The van der Waals surface area contributed by atoms with E-state index in [4.69, 9.17) is 9.88 Å². The summed E-state index contributed by atoms with van der Waals surface area (Å²) in [7, 11) is -1.08. The van der Waals surface area contributed by atoms with E-state index in [2.05, 4.69) is 10.3 Å². The molecule has 0 bridgehead atoms. The molecule has 0 saturated heterocycles. The van der Waals surface area contributed by atoms with Gasteiger partial charge in [-0.15, -0.1) is 11.3 Å². The first-order chi connectivity index (χ1) is 15.9. The Morgan fingerprint density at radius 1 is 1.21 bits per heavy atom. The van der Waals surface area contributed by atoms with Crippen LogP contribution in [-0.2, 0) is 17.1 Å². The number of nitrogens with zero attached hydrogens (tertiary/aromatic N) is 1. The second-order valence-corrected chi connectivity index (χ2v) is 10.6. The van der Waals surface area contributed by atoms with Crippen molar-refractivity contribution < 1.29 is 22.3 Å². The van der Waals surface area contributed by atoms with Crippen LogP contribution in [0.25, 0.3) is 21.3 Å². The standard InChI is InChI=1S/C22H21FN4O5S2/c1-10-5-12(23)6-11(2)19(10)32-16-8-17(34(24,30)31)33-20(16)14-9-27(4)22(29)18-13(14)7-15(26-18)21(28)25-3/h5-9,26H,1-4H3,(H,25,28)(H2,24,30,31). The maximum atomic E-state index is 13.8. The highest BCUT2D eigenvalue weighted by Gasteiger charge is 2.24. The average Bonchev–Trinajstić information content (AvgIpc) is 3.38. The molecular weight excluding hydrogens is 483 g/mol. The molecule has 4 rings (SSSR count). The number of thiophene rings is 1. The fourth-order valence-electron chi connectivity index (χ4n) is 3.70. The first-order valence-corrected chi connectivity index (χ1v) is 12.3. The molecule has 0 radical (unpaired) electrons. The van der Waals surface area contributed by atoms with Crippen molar-refractivity contribution in [3.63, 3.8) is 0 Å². The normalized spacial score (nSPS) is 11.7. The number of rotatable bonds is 5. The quantitative estimate of drug-likeness (QED) is 0.384. The maximum Gasteiger partial charge on any atom is 0.274 e. The third-order valence-corrected chi connectivity index (χ3v) is 7.84. The SMILES string of the molecule is CNC(=O)c1cc2c(-c3sc(S(N)(=O)=O)cc3Oc3c(C)cc(F)cc3C)cn(C)c(=O)c2[nH]1. The van der Waals surface area contributed by atoms with Crippen LogP contribution in [0.1, 0.15) is 21.6 Å². The molecule has 1 aromatic carbocycles. The molecule has 12 heteroatoms. The van der Waals surface area contributed by atoms with Crippen LogP contribution in [0.3, 0.4) is 0 Å². The molecule has 1 amide bonds. The van der Waals surface area contributed by atoms with Crippen molar-refractivity contribution in [2.75, 3.05) is 7.05 Å². The molecule has 0 unspecified atom stereocenters. The molecule has 4 N–H and O–H groups in total. The van der Waals surface area contributed by atoms with Crippen molar-refractivity contribution in [2.24, 2.45) is 12.2 Å². The zero-order valence-electron chi connectivity index (χ0n) is 18.6. The fourth-order valence-corrected chi connectivity index (χ4v) is 5.52. The number of ether oxygens (including phenoxy) is 1. The number of nitrogens with one attached hydrogen (secondary N) is 2. The number of aryl methyl sites for hydroxylation is 3. The van der Waals surface area contributed by atoms with Crippen LogP contribution in [0.4, 0.5) is 4.39 Å². The molecule has 0 aliphatic heterocycles. The highest BCUT2D eigenvalue weighted by atomic mass is 32.2. The van der Waals surface area contributed by atoms with Crippen LogP contribution in [0.5, 0.6) is 11.5 Å². The Morgan fingerprint density at radius 3 is 2.44 bits per heavy atom. The number of hydrogen-bond acceptors (Lipinski definition) is 6. The first-order valence-electron chi connectivity index (χ1n) is 9.96. The summed E-state index contributed by atoms with van der Waals surface area (Å²) in [5.41, 5.74) is 1.45. The van der Waals surface area contributed by atoms with Crippen molar-refractivity contribution in [2.45, 2.75) is 18.1 Å². The molecule has 0 aliphatic carbocycles. The Labute approximate surface area is 198 Å². The Balaban J connectivity index is 2.01. The van der Waals surface area contributed by atoms with Crippen LogP contribution >= 0.6 is 11.3 Å². The molecule has 9 nitrogen and oxygen atoms in total. The van der Waals surface area contributed by atoms with Gasteiger partial charge in [0.2, 0.25) is 10.0 Å². The number of H-pyrrole nitrogens is 1. The summed E-state index contributed by atoms with van der Waals surface area (Å²) in [6.45, 7) is 3.34. The van der Waals surface area contributed by atoms with Crippen molar-refractivity contribution >= 4 is 38.2 Å². The number of aromatic amines is 1. The van der Waals surface area contributed by atoms with Gasteiger partial charge < -0.3 is 19.6 Å². The van der Waals surface area contributed by atoms with Gasteiger partial charge in [0.25, 0.3) is 11.5 Å². The number of nitrogens with two attached hydrogens (primary N) is 1. The summed E-state index contributed by atoms with van der Waals surface area (Å²) in [6.07, 6.45) is 1.53. The number of aromatic nitrogens is 2. The third-order valence-electron chi connectivity index (χ3n) is 5.27. The minimum absolute atomic E-state index is 0.154. The molecule has 3 heterocycles. The number of carbonyl (C=O) groups excluding carboxylic acids is 1. The van der Waals surface area contributed by atoms with Crippen LogP contribution in [0, 0.1) is 19.7 Å². The maximum absolute atomic E-state index is 13.8. The Bertz CT molecular complexity index is 1610. The average molecular weight is 505 g/mol. The number of sulfonamides is 1. The fraction of sp³-hybridized carbons (Fsp3) is 0.182. The minimum Gasteiger partial charge on any atom is -0.455 e. The van der Waals surface area contributed by atoms with E-state index in [1.165, 1.54) is 49.1 Å². The number of primary sulfonamides is 1. The van der Waals surface area contributed by atoms with Crippen molar-refractivity contribution in [3.8, 4) is 21.9 Å². The van der Waals surface area contributed by atoms with Crippen LogP contribution in [0.2, 0.25) is 0 Å². The largest absolute Gasteiger partial charge is 0.455 e. The first kappa shape index (κ1) is 23.7. The lowest BCUT2D eigenvalue weighted by molar-refractivity contribution is 0.0959. The van der Waals surface area contributed by atoms with E-state index in [9.17, 15) is 22.4 Å². The van der Waals surface area contributed by atoms with E-state index < -0.39 is 21.7 Å².